The SMILES string of the molecule is NOC(N)(N)[C@@](N)(ON)[C@@](N)(ON)[C@](N)(ON)[C@@](N)(ON)C(N)=O. The molecule has 18 nitrogen and oxygen atoms in total. The molecule has 24 N–H and O–H groups in total. The van der Waals surface area contributed by atoms with Crippen molar-refractivity contribution in [1.29, 1.82) is 0 Å². The lowest BCUT2D eigenvalue weighted by Gasteiger charge is -2.56. The van der Waals surface area contributed by atoms with Crippen molar-refractivity contribution in [3.63, 3.8) is 0 Å². The molecule has 0 saturated carbocycles. The van der Waals surface area contributed by atoms with Gasteiger partial charge in [-0.25, -0.2) is 29.5 Å². The van der Waals surface area contributed by atoms with Gasteiger partial charge in [0.05, 0.1) is 0 Å². The fourth-order valence-electron chi connectivity index (χ4n) is 1.79. The quantitative estimate of drug-likeness (QED) is 0.127. The van der Waals surface area contributed by atoms with E-state index >= 15 is 0 Å². The minimum atomic E-state index is -3.15. The van der Waals surface area contributed by atoms with Crippen LogP contribution in [0.25, 0.3) is 0 Å². The predicted octanol–water partition coefficient (Wildman–Crippen LogP) is -8.89. The Hall–Kier alpha value is -1.17. The summed E-state index contributed by atoms with van der Waals surface area (Å²) in [6.07, 6.45) is 0. The molecule has 0 radical (unpaired) electrons. The molecule has 0 bridgehead atoms. The Morgan fingerprint density at radius 1 is 0.583 bits per heavy atom. The maximum atomic E-state index is 11.6. The summed E-state index contributed by atoms with van der Waals surface area (Å²) in [5, 5.41) is 0. The molecule has 18 heteroatoms. The second-order valence-corrected chi connectivity index (χ2v) is 4.69. The van der Waals surface area contributed by atoms with Crippen LogP contribution in [0.15, 0.2) is 0 Å². The van der Waals surface area contributed by atoms with Gasteiger partial charge >= 0.3 is 0 Å². The van der Waals surface area contributed by atoms with E-state index in [1.165, 1.54) is 0 Å². The summed E-state index contributed by atoms with van der Waals surface area (Å²) in [5.41, 5.74) is 26.5. The van der Waals surface area contributed by atoms with Crippen LogP contribution < -0.4 is 69.6 Å². The zero-order valence-corrected chi connectivity index (χ0v) is 12.4. The van der Waals surface area contributed by atoms with Crippen LogP contribution in [-0.4, -0.2) is 34.7 Å². The Morgan fingerprint density at radius 3 is 1.17 bits per heavy atom. The summed E-state index contributed by atoms with van der Waals surface area (Å²) < 4.78 is 0. The zero-order chi connectivity index (χ0) is 19.6. The molecule has 1 amide bonds. The molecule has 0 aliphatic carbocycles. The molecule has 24 heavy (non-hydrogen) atoms. The van der Waals surface area contributed by atoms with Crippen LogP contribution >= 0.6 is 0 Å². The average molecular weight is 360 g/mol. The number of nitrogens with two attached hydrogens (primary N) is 12. The van der Waals surface area contributed by atoms with Gasteiger partial charge in [-0.05, 0) is 0 Å². The fourth-order valence-corrected chi connectivity index (χ4v) is 1.79. The Balaban J connectivity index is 6.79. The van der Waals surface area contributed by atoms with E-state index in [1.807, 2.05) is 0 Å². The van der Waals surface area contributed by atoms with Crippen LogP contribution in [0.1, 0.15) is 0 Å². The molecule has 4 atom stereocenters. The number of carbonyl (C=O) groups is 1. The fraction of sp³-hybridized carbons (Fsp3) is 0.833. The Bertz CT molecular complexity index is 467. The molecule has 0 saturated heterocycles. The van der Waals surface area contributed by atoms with Gasteiger partial charge < -0.3 is 5.73 Å². The smallest absolute Gasteiger partial charge is 0.271 e. The molecule has 0 unspecified atom stereocenters. The number of amides is 1. The molecule has 0 aromatic rings. The van der Waals surface area contributed by atoms with Gasteiger partial charge in [0.1, 0.15) is 0 Å². The third-order valence-corrected chi connectivity index (χ3v) is 3.54. The molecule has 144 valence electrons. The maximum Gasteiger partial charge on any atom is 0.271 e. The molecule has 0 aliphatic rings. The van der Waals surface area contributed by atoms with E-state index < -0.39 is 34.7 Å². The van der Waals surface area contributed by atoms with Crippen molar-refractivity contribution in [1.82, 2.24) is 0 Å². The summed E-state index contributed by atoms with van der Waals surface area (Å²) in [6.45, 7) is 0. The van der Waals surface area contributed by atoms with E-state index in [-0.39, 0.29) is 0 Å². The van der Waals surface area contributed by atoms with Crippen LogP contribution in [-0.2, 0) is 29.0 Å². The average Bonchev–Trinajstić information content (AvgIpc) is 2.57. The highest BCUT2D eigenvalue weighted by Crippen LogP contribution is 2.38. The van der Waals surface area contributed by atoms with Crippen molar-refractivity contribution in [3.05, 3.63) is 0 Å². The molecule has 0 heterocycles. The van der Waals surface area contributed by atoms with Crippen LogP contribution in [0.4, 0.5) is 0 Å². The highest BCUT2D eigenvalue weighted by molar-refractivity contribution is 5.84. The predicted molar refractivity (Wildman–Crippen MR) is 74.3 cm³/mol. The second kappa shape index (κ2) is 6.98. The highest BCUT2D eigenvalue weighted by Gasteiger charge is 2.77. The van der Waals surface area contributed by atoms with E-state index in [1.54, 1.807) is 0 Å². The number of hydrogen-bond donors (Lipinski definition) is 12. The van der Waals surface area contributed by atoms with Crippen LogP contribution in [0.5, 0.6) is 0 Å². The Labute approximate surface area is 134 Å². The minimum absolute atomic E-state index is 1.57. The summed E-state index contributed by atoms with van der Waals surface area (Å²) in [4.78, 5) is 33.3. The molecule has 0 fully saturated rings. The summed E-state index contributed by atoms with van der Waals surface area (Å²) in [5.74, 6) is 20.6. The first-order chi connectivity index (χ1) is 10.7. The van der Waals surface area contributed by atoms with Crippen LogP contribution in [0.2, 0.25) is 0 Å². The van der Waals surface area contributed by atoms with Crippen LogP contribution in [0, 0.1) is 0 Å². The van der Waals surface area contributed by atoms with Crippen molar-refractivity contribution in [2.45, 2.75) is 28.7 Å². The van der Waals surface area contributed by atoms with Gasteiger partial charge in [-0.2, -0.15) is 0 Å². The Kier molecular flexibility index (Phi) is 6.64. The van der Waals surface area contributed by atoms with E-state index in [2.05, 4.69) is 24.2 Å². The van der Waals surface area contributed by atoms with E-state index in [0.717, 1.165) is 0 Å². The maximum absolute atomic E-state index is 11.6. The lowest BCUT2D eigenvalue weighted by atomic mass is 9.79. The topological polar surface area (TPSA) is 375 Å². The summed E-state index contributed by atoms with van der Waals surface area (Å²) in [6, 6.07) is 0. The normalized spacial score (nSPS) is 22.8. The van der Waals surface area contributed by atoms with E-state index in [9.17, 15) is 4.79 Å². The lowest BCUT2D eigenvalue weighted by Crippen LogP contribution is -2.97. The highest BCUT2D eigenvalue weighted by atomic mass is 16.8. The number of rotatable bonds is 10. The van der Waals surface area contributed by atoms with E-state index in [0.29, 0.717) is 0 Å². The van der Waals surface area contributed by atoms with E-state index in [4.69, 9.17) is 69.6 Å². The molecular formula is C6H24N12O6. The van der Waals surface area contributed by atoms with Crippen molar-refractivity contribution >= 4 is 5.91 Å². The first kappa shape index (κ1) is 22.8. The largest absolute Gasteiger partial charge is 0.366 e. The van der Waals surface area contributed by atoms with Crippen molar-refractivity contribution in [2.75, 3.05) is 0 Å². The first-order valence-corrected chi connectivity index (χ1v) is 5.67. The van der Waals surface area contributed by atoms with Gasteiger partial charge in [0.15, 0.2) is 0 Å². The van der Waals surface area contributed by atoms with Gasteiger partial charge in [0, 0.05) is 0 Å². The van der Waals surface area contributed by atoms with Crippen molar-refractivity contribution in [3.8, 4) is 0 Å². The van der Waals surface area contributed by atoms with Gasteiger partial charge in [-0.1, -0.05) is 0 Å². The number of carbonyl (C=O) groups excluding carboxylic acids is 1. The first-order valence-electron chi connectivity index (χ1n) is 5.67. The number of primary amides is 1. The molecule has 0 aromatic heterocycles. The third kappa shape index (κ3) is 2.63. The third-order valence-electron chi connectivity index (χ3n) is 3.54. The molecular weight excluding hydrogens is 336 g/mol. The van der Waals surface area contributed by atoms with Crippen molar-refractivity contribution < 1.29 is 29.0 Å². The van der Waals surface area contributed by atoms with Crippen molar-refractivity contribution in [2.24, 2.45) is 69.6 Å². The van der Waals surface area contributed by atoms with Gasteiger partial charge in [-0.15, -0.1) is 0 Å². The Morgan fingerprint density at radius 2 is 0.958 bits per heavy atom. The summed E-state index contributed by atoms with van der Waals surface area (Å²) >= 11 is 0. The van der Waals surface area contributed by atoms with Gasteiger partial charge in [0.2, 0.25) is 23.0 Å². The summed E-state index contributed by atoms with van der Waals surface area (Å²) in [7, 11) is 0. The van der Waals surface area contributed by atoms with Gasteiger partial charge in [0.25, 0.3) is 11.6 Å². The monoisotopic (exact) mass is 360 g/mol. The standard InChI is InChI=1S/C6H24N12O6/c7-1(19)2(8,20-14)3(9,21-15)4(10,22-16)5(11,23-17)6(12,13)24-18/h8-18H2,(H2,7,19)/t2-,3+,4-,5-/m0/s1. The number of hydrogen-bond acceptors (Lipinski definition) is 17. The minimum Gasteiger partial charge on any atom is -0.366 e. The molecule has 0 aromatic carbocycles. The lowest BCUT2D eigenvalue weighted by molar-refractivity contribution is -0.371. The molecule has 0 aliphatic heterocycles. The van der Waals surface area contributed by atoms with Crippen LogP contribution in [0.3, 0.4) is 0 Å². The molecule has 0 spiro atoms. The van der Waals surface area contributed by atoms with Gasteiger partial charge in [-0.3, -0.25) is 63.4 Å². The second-order valence-electron chi connectivity index (χ2n) is 4.69. The molecule has 0 rings (SSSR count). The zero-order valence-electron chi connectivity index (χ0n) is 12.4.